The van der Waals surface area contributed by atoms with E-state index in [0.717, 1.165) is 35.5 Å². The first-order chi connectivity index (χ1) is 15.6. The van der Waals surface area contributed by atoms with Gasteiger partial charge in [-0.25, -0.2) is 4.79 Å². The fraction of sp³-hybridized carbons (Fsp3) is 0.480. The Morgan fingerprint density at radius 2 is 1.38 bits per heavy atom. The molecule has 0 spiro atoms. The van der Waals surface area contributed by atoms with Gasteiger partial charge in [0, 0.05) is 34.9 Å². The lowest BCUT2D eigenvalue weighted by atomic mass is 9.86. The Hall–Kier alpha value is -1.14. The summed E-state index contributed by atoms with van der Waals surface area (Å²) in [6.45, 7) is 12.9. The molecule has 190 valence electrons. The van der Waals surface area contributed by atoms with Crippen LogP contribution >= 0.6 is 56.8 Å². The molecule has 0 bridgehead atoms. The van der Waals surface area contributed by atoms with Crippen LogP contribution in [0.4, 0.5) is 16.2 Å². The number of nitrogens with two attached hydrogens (primary N) is 1. The van der Waals surface area contributed by atoms with Crippen LogP contribution in [0, 0.1) is 7.14 Å². The molecule has 0 heterocycles. The smallest absolute Gasteiger partial charge is 0.411 e. The molecule has 34 heavy (non-hydrogen) atoms. The minimum Gasteiger partial charge on any atom is -0.495 e. The molecule has 6 nitrogen and oxygen atoms in total. The molecule has 0 fully saturated rings. The summed E-state index contributed by atoms with van der Waals surface area (Å²) in [5.41, 5.74) is 9.27. The minimum absolute atomic E-state index is 0.0562. The zero-order valence-corrected chi connectivity index (χ0v) is 26.1. The largest absolute Gasteiger partial charge is 0.495 e. The third kappa shape index (κ3) is 8.22. The van der Waals surface area contributed by atoms with Crippen LogP contribution in [0.3, 0.4) is 0 Å². The lowest BCUT2D eigenvalue weighted by Gasteiger charge is -2.26. The Labute approximate surface area is 235 Å². The number of amides is 1. The van der Waals surface area contributed by atoms with E-state index >= 15 is 0 Å². The second-order valence-electron chi connectivity index (χ2n) is 9.72. The second kappa shape index (κ2) is 12.7. The van der Waals surface area contributed by atoms with Crippen molar-refractivity contribution in [2.75, 3.05) is 37.3 Å². The lowest BCUT2D eigenvalue weighted by Crippen LogP contribution is -2.31. The number of hydrogen-bond donors (Lipinski definition) is 2. The van der Waals surface area contributed by atoms with Crippen LogP contribution in [0.5, 0.6) is 11.5 Å². The van der Waals surface area contributed by atoms with E-state index in [-0.39, 0.29) is 23.3 Å². The number of nitrogens with zero attached hydrogens (tertiary/aromatic N) is 1. The van der Waals surface area contributed by atoms with Crippen LogP contribution in [-0.4, -0.2) is 37.8 Å². The van der Waals surface area contributed by atoms with Crippen molar-refractivity contribution in [1.29, 1.82) is 0 Å². The quantitative estimate of drug-likeness (QED) is 0.190. The number of methoxy groups -OCH3 is 2. The predicted molar refractivity (Wildman–Crippen MR) is 159 cm³/mol. The highest BCUT2D eigenvalue weighted by molar-refractivity contribution is 14.1. The van der Waals surface area contributed by atoms with E-state index in [1.807, 2.05) is 18.2 Å². The van der Waals surface area contributed by atoms with Crippen LogP contribution in [-0.2, 0) is 10.8 Å². The Bertz CT molecular complexity index is 1000. The first kappa shape index (κ1) is 30.9. The number of hydrogen-bond acceptors (Lipinski definition) is 4. The fourth-order valence-corrected chi connectivity index (χ4v) is 5.17. The first-order valence-corrected chi connectivity index (χ1v) is 13.4. The van der Waals surface area contributed by atoms with Crippen LogP contribution in [0.2, 0.25) is 0 Å². The van der Waals surface area contributed by atoms with E-state index in [9.17, 15) is 9.90 Å². The van der Waals surface area contributed by atoms with Crippen molar-refractivity contribution in [3.05, 3.63) is 42.5 Å². The molecule has 0 saturated heterocycles. The van der Waals surface area contributed by atoms with E-state index in [2.05, 4.69) is 86.7 Å². The van der Waals surface area contributed by atoms with Gasteiger partial charge in [-0.15, -0.1) is 11.6 Å². The maximum absolute atomic E-state index is 11.4. The van der Waals surface area contributed by atoms with Gasteiger partial charge in [-0.2, -0.15) is 0 Å². The summed E-state index contributed by atoms with van der Waals surface area (Å²) in [6, 6.07) is 7.58. The fourth-order valence-electron chi connectivity index (χ4n) is 3.30. The SMILES string of the molecule is COc1c(I)cc(N(CCCl)C(=O)O)cc1C(C)(C)C.COc1c(I)cc(N)cc1C(C)(C)C. The number of anilines is 2. The van der Waals surface area contributed by atoms with Gasteiger partial charge in [-0.1, -0.05) is 41.5 Å². The minimum atomic E-state index is -1.01. The third-order valence-electron chi connectivity index (χ3n) is 4.97. The number of halogens is 3. The number of alkyl halides is 1. The van der Waals surface area contributed by atoms with E-state index in [1.54, 1.807) is 20.3 Å². The van der Waals surface area contributed by atoms with Gasteiger partial charge >= 0.3 is 6.09 Å². The summed E-state index contributed by atoms with van der Waals surface area (Å²) in [6.07, 6.45) is -1.01. The molecule has 0 aliphatic rings. The maximum Gasteiger partial charge on any atom is 0.411 e. The van der Waals surface area contributed by atoms with Gasteiger partial charge in [0.2, 0.25) is 0 Å². The molecule has 0 aromatic heterocycles. The van der Waals surface area contributed by atoms with E-state index < -0.39 is 6.09 Å². The topological polar surface area (TPSA) is 85.0 Å². The van der Waals surface area contributed by atoms with Crippen molar-refractivity contribution >= 4 is 74.3 Å². The predicted octanol–water partition coefficient (Wildman–Crippen LogP) is 7.50. The van der Waals surface area contributed by atoms with Crippen molar-refractivity contribution in [2.24, 2.45) is 0 Å². The van der Waals surface area contributed by atoms with Crippen LogP contribution in [0.1, 0.15) is 52.7 Å². The normalized spacial score (nSPS) is 11.4. The summed E-state index contributed by atoms with van der Waals surface area (Å²) in [7, 11) is 3.32. The number of ether oxygens (including phenoxy) is 2. The highest BCUT2D eigenvalue weighted by Crippen LogP contribution is 2.38. The van der Waals surface area contributed by atoms with E-state index in [0.29, 0.717) is 5.69 Å². The molecular weight excluding hydrogens is 682 g/mol. The molecule has 9 heteroatoms. The summed E-state index contributed by atoms with van der Waals surface area (Å²) in [5.74, 6) is 1.98. The van der Waals surface area contributed by atoms with Crippen molar-refractivity contribution < 1.29 is 19.4 Å². The van der Waals surface area contributed by atoms with Gasteiger partial charge in [0.1, 0.15) is 11.5 Å². The summed E-state index contributed by atoms with van der Waals surface area (Å²) in [5, 5.41) is 9.30. The molecule has 2 aromatic carbocycles. The maximum atomic E-state index is 11.4. The molecule has 0 aliphatic heterocycles. The Kier molecular flexibility index (Phi) is 11.5. The summed E-state index contributed by atoms with van der Waals surface area (Å²) in [4.78, 5) is 12.6. The van der Waals surface area contributed by atoms with Crippen molar-refractivity contribution in [3.63, 3.8) is 0 Å². The molecule has 2 aromatic rings. The van der Waals surface area contributed by atoms with E-state index in [1.165, 1.54) is 4.90 Å². The highest BCUT2D eigenvalue weighted by Gasteiger charge is 2.25. The zero-order valence-electron chi connectivity index (χ0n) is 21.1. The zero-order chi connectivity index (χ0) is 26.4. The van der Waals surface area contributed by atoms with Crippen molar-refractivity contribution in [1.82, 2.24) is 0 Å². The van der Waals surface area contributed by atoms with Crippen molar-refractivity contribution in [2.45, 2.75) is 52.4 Å². The molecule has 0 atom stereocenters. The third-order valence-corrected chi connectivity index (χ3v) is 6.74. The molecule has 0 aliphatic carbocycles. The van der Waals surface area contributed by atoms with Crippen LogP contribution in [0.25, 0.3) is 0 Å². The van der Waals surface area contributed by atoms with Crippen molar-refractivity contribution in [3.8, 4) is 11.5 Å². The number of benzene rings is 2. The molecule has 0 radical (unpaired) electrons. The van der Waals surface area contributed by atoms with Gasteiger partial charge in [0.25, 0.3) is 0 Å². The van der Waals surface area contributed by atoms with Gasteiger partial charge in [-0.3, -0.25) is 4.90 Å². The van der Waals surface area contributed by atoms with Gasteiger partial charge in [0.15, 0.2) is 0 Å². The van der Waals surface area contributed by atoms with Crippen LogP contribution in [0.15, 0.2) is 24.3 Å². The number of rotatable bonds is 5. The molecule has 3 N–H and O–H groups in total. The molecular formula is C25H35ClI2N2O4. The molecule has 0 saturated carbocycles. The standard InChI is InChI=1S/C14H19ClINO3.C11H16INO/c1-14(2,3)10-7-9(8-11(16)12(10)20-4)17(6-5-15)13(18)19;1-11(2,3)8-5-7(13)6-9(12)10(8)14-4/h7-8H,5-6H2,1-4H3,(H,18,19);5-6H,13H2,1-4H3. The summed E-state index contributed by atoms with van der Waals surface area (Å²) >= 11 is 10.1. The van der Waals surface area contributed by atoms with E-state index in [4.69, 9.17) is 26.8 Å². The Balaban J connectivity index is 0.000000362. The molecule has 0 unspecified atom stereocenters. The van der Waals surface area contributed by atoms with Gasteiger partial charge in [-0.05, 0) is 80.3 Å². The number of carbonyl (C=O) groups is 1. The lowest BCUT2D eigenvalue weighted by molar-refractivity contribution is 0.202. The number of nitrogen functional groups attached to an aromatic ring is 1. The average molecular weight is 717 g/mol. The molecule has 1 amide bonds. The number of carboxylic acid groups (broad SMARTS) is 1. The average Bonchev–Trinajstić information content (AvgIpc) is 2.69. The molecule has 2 rings (SSSR count). The summed E-state index contributed by atoms with van der Waals surface area (Å²) < 4.78 is 12.8. The monoisotopic (exact) mass is 716 g/mol. The highest BCUT2D eigenvalue weighted by atomic mass is 127. The Morgan fingerprint density at radius 1 is 0.941 bits per heavy atom. The van der Waals surface area contributed by atoms with Gasteiger partial charge < -0.3 is 20.3 Å². The van der Waals surface area contributed by atoms with Crippen LogP contribution < -0.4 is 20.1 Å². The Morgan fingerprint density at radius 3 is 1.76 bits per heavy atom. The van der Waals surface area contributed by atoms with Gasteiger partial charge in [0.05, 0.1) is 21.4 Å². The second-order valence-corrected chi connectivity index (χ2v) is 12.4. The first-order valence-electron chi connectivity index (χ1n) is 10.7.